The highest BCUT2D eigenvalue weighted by Gasteiger charge is 2.19. The fourth-order valence-corrected chi connectivity index (χ4v) is 3.80. The Balaban J connectivity index is 1.74. The number of alkyl halides is 2. The molecule has 0 saturated carbocycles. The summed E-state index contributed by atoms with van der Waals surface area (Å²) in [6, 6.07) is 3.23. The van der Waals surface area contributed by atoms with Crippen molar-refractivity contribution in [2.45, 2.75) is 31.1 Å². The van der Waals surface area contributed by atoms with Gasteiger partial charge < -0.3 is 4.52 Å². The van der Waals surface area contributed by atoms with Gasteiger partial charge in [0.25, 0.3) is 12.3 Å². The average molecular weight is 397 g/mol. The summed E-state index contributed by atoms with van der Waals surface area (Å²) in [5, 5.41) is 13.3. The molecule has 0 aliphatic rings. The molecule has 3 rings (SSSR count). The summed E-state index contributed by atoms with van der Waals surface area (Å²) in [6.07, 6.45) is -1.15. The second kappa shape index (κ2) is 7.87. The molecule has 0 bridgehead atoms. The van der Waals surface area contributed by atoms with E-state index in [2.05, 4.69) is 25.7 Å². The van der Waals surface area contributed by atoms with Crippen molar-refractivity contribution in [3.05, 3.63) is 45.9 Å². The first-order valence-electron chi connectivity index (χ1n) is 7.38. The lowest BCUT2D eigenvalue weighted by atomic mass is 10.2. The molecule has 0 spiro atoms. The lowest BCUT2D eigenvalue weighted by molar-refractivity contribution is 0.102. The number of hydrogen-bond donors (Lipinski definition) is 1. The quantitative estimate of drug-likeness (QED) is 0.628. The lowest BCUT2D eigenvalue weighted by Gasteiger charge is -2.07. The summed E-state index contributed by atoms with van der Waals surface area (Å²) >= 11 is 1.99. The van der Waals surface area contributed by atoms with Gasteiger partial charge in [-0.2, -0.15) is 0 Å². The summed E-state index contributed by atoms with van der Waals surface area (Å²) in [6.45, 7) is 3.66. The SMILES string of the molecule is Cc1noc(C)c1CSc1ncccc1C(=O)Nc1nnc(C(F)F)s1. The number of carbonyl (C=O) groups excluding carboxylic acids is 1. The van der Waals surface area contributed by atoms with Crippen molar-refractivity contribution in [3.63, 3.8) is 0 Å². The van der Waals surface area contributed by atoms with Crippen LogP contribution in [0.15, 0.2) is 27.9 Å². The largest absolute Gasteiger partial charge is 0.361 e. The zero-order valence-corrected chi connectivity index (χ0v) is 15.3. The van der Waals surface area contributed by atoms with Gasteiger partial charge in [0.1, 0.15) is 10.8 Å². The molecule has 1 amide bonds. The molecule has 26 heavy (non-hydrogen) atoms. The first-order valence-corrected chi connectivity index (χ1v) is 9.18. The van der Waals surface area contributed by atoms with Gasteiger partial charge in [0, 0.05) is 17.5 Å². The van der Waals surface area contributed by atoms with Crippen LogP contribution in [0.1, 0.15) is 38.8 Å². The van der Waals surface area contributed by atoms with Crippen molar-refractivity contribution < 1.29 is 18.1 Å². The van der Waals surface area contributed by atoms with Gasteiger partial charge in [-0.15, -0.1) is 22.0 Å². The number of anilines is 1. The standard InChI is InChI=1S/C15H13F2N5O2S2/c1-7-10(8(2)24-22-7)6-25-13-9(4-3-5-18-13)12(23)19-15-21-20-14(26-15)11(16)17/h3-5,11H,6H2,1-2H3,(H,19,21,23). The Kier molecular flexibility index (Phi) is 5.57. The smallest absolute Gasteiger partial charge is 0.291 e. The highest BCUT2D eigenvalue weighted by molar-refractivity contribution is 7.98. The molecule has 3 aromatic heterocycles. The predicted octanol–water partition coefficient (Wildman–Crippen LogP) is 4.02. The Morgan fingerprint density at radius 2 is 2.19 bits per heavy atom. The van der Waals surface area contributed by atoms with Crippen molar-refractivity contribution >= 4 is 34.1 Å². The van der Waals surface area contributed by atoms with Gasteiger partial charge in [-0.25, -0.2) is 13.8 Å². The van der Waals surface area contributed by atoms with Gasteiger partial charge >= 0.3 is 0 Å². The van der Waals surface area contributed by atoms with Crippen molar-refractivity contribution in [1.29, 1.82) is 0 Å². The molecule has 1 N–H and O–H groups in total. The van der Waals surface area contributed by atoms with Crippen LogP contribution in [0.25, 0.3) is 0 Å². The number of amides is 1. The molecule has 3 heterocycles. The minimum Gasteiger partial charge on any atom is -0.361 e. The molecule has 3 aromatic rings. The lowest BCUT2D eigenvalue weighted by Crippen LogP contribution is -2.13. The molecule has 0 aromatic carbocycles. The Morgan fingerprint density at radius 1 is 1.38 bits per heavy atom. The molecular weight excluding hydrogens is 384 g/mol. The van der Waals surface area contributed by atoms with Crippen molar-refractivity contribution in [2.75, 3.05) is 5.32 Å². The van der Waals surface area contributed by atoms with Gasteiger partial charge in [0.15, 0.2) is 5.01 Å². The fourth-order valence-electron chi connectivity index (χ4n) is 2.06. The number of pyridine rings is 1. The molecule has 136 valence electrons. The van der Waals surface area contributed by atoms with Gasteiger partial charge in [-0.1, -0.05) is 16.5 Å². The van der Waals surface area contributed by atoms with Crippen molar-refractivity contribution in [2.24, 2.45) is 0 Å². The molecule has 7 nitrogen and oxygen atoms in total. The first-order chi connectivity index (χ1) is 12.5. The van der Waals surface area contributed by atoms with E-state index in [1.807, 2.05) is 13.8 Å². The Morgan fingerprint density at radius 3 is 2.85 bits per heavy atom. The zero-order chi connectivity index (χ0) is 18.7. The Bertz CT molecular complexity index is 909. The normalized spacial score (nSPS) is 11.1. The van der Waals surface area contributed by atoms with E-state index in [4.69, 9.17) is 4.52 Å². The van der Waals surface area contributed by atoms with Crippen molar-refractivity contribution in [3.8, 4) is 0 Å². The maximum absolute atomic E-state index is 12.6. The number of hydrogen-bond acceptors (Lipinski definition) is 8. The second-order valence-corrected chi connectivity index (χ2v) is 7.12. The van der Waals surface area contributed by atoms with Crippen LogP contribution >= 0.6 is 23.1 Å². The summed E-state index contributed by atoms with van der Waals surface area (Å²) in [5.74, 6) is 0.758. The minimum atomic E-state index is -2.72. The van der Waals surface area contributed by atoms with E-state index >= 15 is 0 Å². The van der Waals surface area contributed by atoms with Gasteiger partial charge in [0.05, 0.1) is 11.3 Å². The third-order valence-corrected chi connectivity index (χ3v) is 5.28. The topological polar surface area (TPSA) is 93.8 Å². The highest BCUT2D eigenvalue weighted by atomic mass is 32.2. The van der Waals surface area contributed by atoms with Gasteiger partial charge in [0.2, 0.25) is 5.13 Å². The molecule has 0 saturated heterocycles. The van der Waals surface area contributed by atoms with E-state index in [9.17, 15) is 13.6 Å². The van der Waals surface area contributed by atoms with E-state index in [1.54, 1.807) is 18.3 Å². The third kappa shape index (κ3) is 4.05. The third-order valence-electron chi connectivity index (χ3n) is 3.40. The van der Waals surface area contributed by atoms with Crippen LogP contribution < -0.4 is 5.32 Å². The molecule has 0 unspecified atom stereocenters. The molecule has 11 heteroatoms. The van der Waals surface area contributed by atoms with E-state index in [-0.39, 0.29) is 5.13 Å². The number of carbonyl (C=O) groups is 1. The number of nitrogens with zero attached hydrogens (tertiary/aromatic N) is 4. The van der Waals surface area contributed by atoms with E-state index < -0.39 is 17.3 Å². The molecule has 0 fully saturated rings. The van der Waals surface area contributed by atoms with Crippen LogP contribution in [0.4, 0.5) is 13.9 Å². The Labute approximate surface area is 155 Å². The van der Waals surface area contributed by atoms with Crippen LogP contribution in [-0.4, -0.2) is 26.2 Å². The van der Waals surface area contributed by atoms with Crippen LogP contribution in [0.2, 0.25) is 0 Å². The summed E-state index contributed by atoms with van der Waals surface area (Å²) in [7, 11) is 0. The molecular formula is C15H13F2N5O2S2. The zero-order valence-electron chi connectivity index (χ0n) is 13.7. The molecule has 0 aliphatic carbocycles. The van der Waals surface area contributed by atoms with Crippen LogP contribution in [-0.2, 0) is 5.75 Å². The predicted molar refractivity (Wildman–Crippen MR) is 92.6 cm³/mol. The van der Waals surface area contributed by atoms with E-state index in [0.717, 1.165) is 11.3 Å². The van der Waals surface area contributed by atoms with E-state index in [0.29, 0.717) is 33.4 Å². The first kappa shape index (κ1) is 18.4. The average Bonchev–Trinajstić information content (AvgIpc) is 3.21. The molecule has 0 radical (unpaired) electrons. The van der Waals surface area contributed by atoms with E-state index in [1.165, 1.54) is 11.8 Å². The summed E-state index contributed by atoms with van der Waals surface area (Å²) in [4.78, 5) is 16.7. The Hall–Kier alpha value is -2.40. The fraction of sp³-hybridized carbons (Fsp3) is 0.267. The van der Waals surface area contributed by atoms with Crippen LogP contribution in [0.5, 0.6) is 0 Å². The van der Waals surface area contributed by atoms with Gasteiger partial charge in [-0.05, 0) is 26.0 Å². The number of aryl methyl sites for hydroxylation is 2. The number of rotatable bonds is 6. The van der Waals surface area contributed by atoms with Crippen LogP contribution in [0, 0.1) is 13.8 Å². The summed E-state index contributed by atoms with van der Waals surface area (Å²) in [5.41, 5.74) is 2.04. The minimum absolute atomic E-state index is 0.0100. The molecule has 0 aliphatic heterocycles. The summed E-state index contributed by atoms with van der Waals surface area (Å²) < 4.78 is 30.3. The van der Waals surface area contributed by atoms with Crippen molar-refractivity contribution in [1.82, 2.24) is 20.3 Å². The maximum atomic E-state index is 12.6. The number of halogens is 2. The number of thioether (sulfide) groups is 1. The number of nitrogens with one attached hydrogen (secondary N) is 1. The van der Waals surface area contributed by atoms with Crippen LogP contribution in [0.3, 0.4) is 0 Å². The van der Waals surface area contributed by atoms with Gasteiger partial charge in [-0.3, -0.25) is 10.1 Å². The maximum Gasteiger partial charge on any atom is 0.291 e. The monoisotopic (exact) mass is 397 g/mol. The highest BCUT2D eigenvalue weighted by Crippen LogP contribution is 2.29. The molecule has 0 atom stereocenters. The second-order valence-electron chi connectivity index (χ2n) is 5.15. The number of aromatic nitrogens is 4.